The highest BCUT2D eigenvalue weighted by atomic mass is 32.1. The smallest absolute Gasteiger partial charge is 0.355 e. The van der Waals surface area contributed by atoms with Gasteiger partial charge in [0.2, 0.25) is 5.91 Å². The number of aromatic nitrogens is 2. The summed E-state index contributed by atoms with van der Waals surface area (Å²) < 4.78 is 7.27. The van der Waals surface area contributed by atoms with Gasteiger partial charge in [0.25, 0.3) is 5.69 Å². The maximum atomic E-state index is 13.3. The van der Waals surface area contributed by atoms with E-state index in [1.54, 1.807) is 30.8 Å². The van der Waals surface area contributed by atoms with Crippen LogP contribution in [0.25, 0.3) is 10.4 Å². The number of hydrogen-bond donors (Lipinski definition) is 1. The van der Waals surface area contributed by atoms with Gasteiger partial charge in [-0.05, 0) is 30.5 Å². The van der Waals surface area contributed by atoms with Gasteiger partial charge in [0.1, 0.15) is 29.2 Å². The summed E-state index contributed by atoms with van der Waals surface area (Å²) in [5.41, 5.74) is 1.66. The number of thiazole rings is 1. The first kappa shape index (κ1) is 24.8. The van der Waals surface area contributed by atoms with Crippen LogP contribution in [0.5, 0.6) is 0 Å². The summed E-state index contributed by atoms with van der Waals surface area (Å²) in [5.74, 6) is -1.61. The number of aliphatic hydroxyl groups is 1. The largest absolute Gasteiger partial charge is 0.456 e. The molecule has 4 heterocycles. The molecule has 1 fully saturated rings. The molecule has 0 aliphatic carbocycles. The van der Waals surface area contributed by atoms with Crippen molar-refractivity contribution in [3.8, 4) is 0 Å². The second kappa shape index (κ2) is 9.52. The van der Waals surface area contributed by atoms with Gasteiger partial charge in [-0.15, -0.1) is 11.3 Å². The number of benzene rings is 1. The number of Topliss-reactive ketones (excluding diaryl/α,β-unsaturated/α-hetero) is 1. The molecule has 2 atom stereocenters. The van der Waals surface area contributed by atoms with E-state index in [9.17, 15) is 29.6 Å². The summed E-state index contributed by atoms with van der Waals surface area (Å²) in [5, 5.41) is 20.3. The number of fused-ring (bicyclic) bond motifs is 2. The van der Waals surface area contributed by atoms with Crippen molar-refractivity contribution in [3.63, 3.8) is 0 Å². The molecule has 12 heteroatoms. The molecule has 0 radical (unpaired) electrons. The number of imidazole rings is 1. The Bertz CT molecular complexity index is 1450. The lowest BCUT2D eigenvalue weighted by atomic mass is 9.84. The van der Waals surface area contributed by atoms with Gasteiger partial charge in [0.15, 0.2) is 5.78 Å². The Morgan fingerprint density at radius 1 is 1.30 bits per heavy atom. The lowest BCUT2D eigenvalue weighted by molar-refractivity contribution is -0.384. The number of nitrogens with zero attached hydrogens (tertiary/aromatic N) is 4. The SMILES string of the molecule is CC(C)C(=O)c1ncn2cc(C3=C(C(=O)OCc4ccc([N+](=O)[O-])cc4)N4C(=O)[C@@H](CCO)[C@H]4C3)sc12. The normalized spacial score (nSPS) is 18.9. The fourth-order valence-corrected chi connectivity index (χ4v) is 5.90. The highest BCUT2D eigenvalue weighted by molar-refractivity contribution is 7.18. The van der Waals surface area contributed by atoms with E-state index in [-0.39, 0.29) is 54.2 Å². The van der Waals surface area contributed by atoms with E-state index in [2.05, 4.69) is 4.98 Å². The van der Waals surface area contributed by atoms with E-state index in [4.69, 9.17) is 4.74 Å². The summed E-state index contributed by atoms with van der Waals surface area (Å²) in [6.07, 6.45) is 4.08. The number of non-ortho nitro benzene ring substituents is 1. The average Bonchev–Trinajstić information content (AvgIpc) is 3.56. The molecule has 1 N–H and O–H groups in total. The molecule has 0 unspecified atom stereocenters. The second-order valence-electron chi connectivity index (χ2n) is 9.35. The Labute approximate surface area is 215 Å². The van der Waals surface area contributed by atoms with Crippen molar-refractivity contribution in [2.45, 2.75) is 39.3 Å². The number of ether oxygens (including phenoxy) is 1. The quantitative estimate of drug-likeness (QED) is 0.148. The Morgan fingerprint density at radius 3 is 2.68 bits per heavy atom. The number of carbonyl (C=O) groups excluding carboxylic acids is 3. The first-order valence-electron chi connectivity index (χ1n) is 11.8. The van der Waals surface area contributed by atoms with Gasteiger partial charge in [-0.3, -0.25) is 24.1 Å². The number of nitro benzene ring substituents is 1. The van der Waals surface area contributed by atoms with Crippen molar-refractivity contribution in [2.75, 3.05) is 6.61 Å². The maximum absolute atomic E-state index is 13.3. The van der Waals surface area contributed by atoms with Crippen LogP contribution < -0.4 is 0 Å². The van der Waals surface area contributed by atoms with Gasteiger partial charge in [-0.25, -0.2) is 9.78 Å². The number of β-lactam (4-membered cyclic amide) rings is 1. The molecule has 1 saturated heterocycles. The molecule has 192 valence electrons. The van der Waals surface area contributed by atoms with E-state index in [0.29, 0.717) is 34.5 Å². The van der Waals surface area contributed by atoms with Crippen LogP contribution in [0.3, 0.4) is 0 Å². The third kappa shape index (κ3) is 4.21. The third-order valence-electron chi connectivity index (χ3n) is 6.71. The fraction of sp³-hybridized carbons (Fsp3) is 0.360. The van der Waals surface area contributed by atoms with Gasteiger partial charge in [0, 0.05) is 36.4 Å². The number of aliphatic hydroxyl groups excluding tert-OH is 1. The standard InChI is InChI=1S/C25H24N4O7S/c1-13(2)22(31)20-24-27(12-26-20)10-19(37-24)17-9-18-16(7-8-30)23(32)28(18)21(17)25(33)36-11-14-3-5-15(6-4-14)29(34)35/h3-6,10,12-13,16,18,30H,7-9,11H2,1-2H3/t16-,18+/m0/s1. The molecule has 5 rings (SSSR count). The summed E-state index contributed by atoms with van der Waals surface area (Å²) in [6, 6.07) is 5.42. The van der Waals surface area contributed by atoms with Gasteiger partial charge < -0.3 is 14.7 Å². The lowest BCUT2D eigenvalue weighted by Crippen LogP contribution is -2.58. The Hall–Kier alpha value is -3.90. The van der Waals surface area contributed by atoms with Gasteiger partial charge >= 0.3 is 5.97 Å². The number of hydrogen-bond acceptors (Lipinski definition) is 9. The minimum atomic E-state index is -0.679. The monoisotopic (exact) mass is 524 g/mol. The van der Waals surface area contributed by atoms with Crippen molar-refractivity contribution in [1.29, 1.82) is 0 Å². The Morgan fingerprint density at radius 2 is 2.03 bits per heavy atom. The van der Waals surface area contributed by atoms with Crippen molar-refractivity contribution >= 4 is 45.1 Å². The van der Waals surface area contributed by atoms with Crippen LogP contribution in [-0.4, -0.2) is 54.6 Å². The Kier molecular flexibility index (Phi) is 6.38. The van der Waals surface area contributed by atoms with Crippen LogP contribution in [0.1, 0.15) is 47.6 Å². The fourth-order valence-electron chi connectivity index (χ4n) is 4.77. The zero-order valence-corrected chi connectivity index (χ0v) is 20.9. The Balaban J connectivity index is 1.46. The van der Waals surface area contributed by atoms with E-state index < -0.39 is 10.9 Å². The summed E-state index contributed by atoms with van der Waals surface area (Å²) >= 11 is 1.32. The molecule has 1 amide bonds. The first-order chi connectivity index (χ1) is 17.7. The zero-order valence-electron chi connectivity index (χ0n) is 20.1. The topological polar surface area (TPSA) is 144 Å². The molecule has 1 aromatic carbocycles. The molecule has 37 heavy (non-hydrogen) atoms. The lowest BCUT2D eigenvalue weighted by Gasteiger charge is -2.43. The van der Waals surface area contributed by atoms with Gasteiger partial charge in [-0.1, -0.05) is 13.8 Å². The molecule has 3 aromatic rings. The number of nitro groups is 1. The van der Waals surface area contributed by atoms with E-state index in [1.165, 1.54) is 40.5 Å². The highest BCUT2D eigenvalue weighted by Gasteiger charge is 2.55. The van der Waals surface area contributed by atoms with Crippen LogP contribution in [0.4, 0.5) is 5.69 Å². The predicted octanol–water partition coefficient (Wildman–Crippen LogP) is 3.21. The second-order valence-corrected chi connectivity index (χ2v) is 10.4. The molecule has 2 aliphatic rings. The maximum Gasteiger partial charge on any atom is 0.355 e. The first-order valence-corrected chi connectivity index (χ1v) is 12.6. The van der Waals surface area contributed by atoms with E-state index in [1.807, 2.05) is 0 Å². The van der Waals surface area contributed by atoms with Crippen LogP contribution in [0.2, 0.25) is 0 Å². The van der Waals surface area contributed by atoms with Crippen LogP contribution >= 0.6 is 11.3 Å². The number of amides is 1. The summed E-state index contributed by atoms with van der Waals surface area (Å²) in [7, 11) is 0. The molecule has 2 aliphatic heterocycles. The summed E-state index contributed by atoms with van der Waals surface area (Å²) in [4.78, 5) is 56.2. The predicted molar refractivity (Wildman–Crippen MR) is 132 cm³/mol. The third-order valence-corrected chi connectivity index (χ3v) is 7.88. The molecule has 2 aromatic heterocycles. The van der Waals surface area contributed by atoms with Crippen LogP contribution in [0.15, 0.2) is 42.5 Å². The van der Waals surface area contributed by atoms with E-state index in [0.717, 1.165) is 4.88 Å². The zero-order chi connectivity index (χ0) is 26.4. The molecule has 11 nitrogen and oxygen atoms in total. The van der Waals surface area contributed by atoms with Crippen LogP contribution in [-0.2, 0) is 20.9 Å². The molecular weight excluding hydrogens is 500 g/mol. The summed E-state index contributed by atoms with van der Waals surface area (Å²) in [6.45, 7) is 3.35. The highest BCUT2D eigenvalue weighted by Crippen LogP contribution is 2.48. The van der Waals surface area contributed by atoms with Gasteiger partial charge in [0.05, 0.1) is 21.8 Å². The number of esters is 1. The average molecular weight is 525 g/mol. The molecular formula is C25H24N4O7S. The minimum absolute atomic E-state index is 0.0706. The number of carbonyl (C=O) groups is 3. The molecule has 0 spiro atoms. The van der Waals surface area contributed by atoms with Crippen molar-refractivity contribution in [2.24, 2.45) is 11.8 Å². The minimum Gasteiger partial charge on any atom is -0.456 e. The van der Waals surface area contributed by atoms with Crippen molar-refractivity contribution in [1.82, 2.24) is 14.3 Å². The van der Waals surface area contributed by atoms with Crippen LogP contribution in [0, 0.1) is 22.0 Å². The molecule has 0 bridgehead atoms. The van der Waals surface area contributed by atoms with Crippen molar-refractivity contribution < 1.29 is 29.2 Å². The van der Waals surface area contributed by atoms with Crippen molar-refractivity contribution in [3.05, 3.63) is 68.7 Å². The van der Waals surface area contributed by atoms with Gasteiger partial charge in [-0.2, -0.15) is 0 Å². The molecule has 0 saturated carbocycles. The number of ketones is 1. The number of rotatable bonds is 9. The van der Waals surface area contributed by atoms with E-state index >= 15 is 0 Å².